The van der Waals surface area contributed by atoms with Crippen LogP contribution in [0.1, 0.15) is 37.8 Å². The number of benzene rings is 2. The quantitative estimate of drug-likeness (QED) is 0.230. The Hall–Kier alpha value is -3.70. The molecule has 2 unspecified atom stereocenters. The van der Waals surface area contributed by atoms with Gasteiger partial charge in [0, 0.05) is 34.7 Å². The van der Waals surface area contributed by atoms with Gasteiger partial charge in [-0.15, -0.1) is 6.42 Å². The first-order valence-corrected chi connectivity index (χ1v) is 12.8. The van der Waals surface area contributed by atoms with Crippen molar-refractivity contribution in [1.29, 1.82) is 5.41 Å². The van der Waals surface area contributed by atoms with Gasteiger partial charge in [0.25, 0.3) is 0 Å². The molecule has 2 aromatic carbocycles. The first-order chi connectivity index (χ1) is 17.8. The third kappa shape index (κ3) is 3.98. The number of fused-ring (bicyclic) bond motifs is 2. The minimum Gasteiger partial charge on any atom is -0.508 e. The summed E-state index contributed by atoms with van der Waals surface area (Å²) in [6.45, 7) is 5.63. The number of pyridine rings is 1. The van der Waals surface area contributed by atoms with Gasteiger partial charge in [0.15, 0.2) is 5.82 Å². The highest BCUT2D eigenvalue weighted by molar-refractivity contribution is 6.11. The maximum Gasteiger partial charge on any atom is 0.173 e. The molecule has 0 bridgehead atoms. The molecule has 1 aromatic heterocycles. The number of piperidine rings is 1. The molecule has 37 heavy (non-hydrogen) atoms. The summed E-state index contributed by atoms with van der Waals surface area (Å²) in [5, 5.41) is 30.4. The lowest BCUT2D eigenvalue weighted by atomic mass is 9.94. The Bertz CT molecular complexity index is 1480. The van der Waals surface area contributed by atoms with Gasteiger partial charge in [0.1, 0.15) is 23.1 Å². The van der Waals surface area contributed by atoms with Crippen LogP contribution in [0.3, 0.4) is 0 Å². The molecule has 0 radical (unpaired) electrons. The predicted molar refractivity (Wildman–Crippen MR) is 142 cm³/mol. The highest BCUT2D eigenvalue weighted by Crippen LogP contribution is 2.52. The van der Waals surface area contributed by atoms with Crippen LogP contribution in [-0.2, 0) is 0 Å². The maximum atomic E-state index is 16.6. The van der Waals surface area contributed by atoms with Gasteiger partial charge in [-0.25, -0.2) is 13.8 Å². The zero-order valence-corrected chi connectivity index (χ0v) is 20.8. The minimum absolute atomic E-state index is 0.0149. The molecular formula is C29H29F2N5O. The van der Waals surface area contributed by atoms with Gasteiger partial charge in [-0.1, -0.05) is 12.0 Å². The Labute approximate surface area is 214 Å². The molecule has 5 N–H and O–H groups in total. The summed E-state index contributed by atoms with van der Waals surface area (Å²) < 4.78 is 31.3. The lowest BCUT2D eigenvalue weighted by Gasteiger charge is -2.23. The number of hydrogen-bond donors (Lipinski definition) is 5. The number of halogens is 2. The molecule has 190 valence electrons. The van der Waals surface area contributed by atoms with Crippen LogP contribution in [0.25, 0.3) is 22.0 Å². The summed E-state index contributed by atoms with van der Waals surface area (Å²) in [6.07, 6.45) is 7.49. The molecule has 6 nitrogen and oxygen atoms in total. The van der Waals surface area contributed by atoms with Crippen LogP contribution in [0.5, 0.6) is 5.75 Å². The Morgan fingerprint density at radius 2 is 1.95 bits per heavy atom. The fourth-order valence-electron chi connectivity index (χ4n) is 5.72. The second-order valence-corrected chi connectivity index (χ2v) is 10.7. The van der Waals surface area contributed by atoms with E-state index in [9.17, 15) is 9.50 Å². The van der Waals surface area contributed by atoms with E-state index in [-0.39, 0.29) is 46.3 Å². The monoisotopic (exact) mass is 501 g/mol. The summed E-state index contributed by atoms with van der Waals surface area (Å²) >= 11 is 0. The average molecular weight is 502 g/mol. The number of rotatable bonds is 7. The van der Waals surface area contributed by atoms with E-state index in [2.05, 4.69) is 21.9 Å². The van der Waals surface area contributed by atoms with Crippen LogP contribution in [0.15, 0.2) is 24.3 Å². The number of aromatic nitrogens is 1. The van der Waals surface area contributed by atoms with Gasteiger partial charge >= 0.3 is 0 Å². The van der Waals surface area contributed by atoms with Crippen LogP contribution < -0.4 is 16.0 Å². The van der Waals surface area contributed by atoms with Crippen molar-refractivity contribution >= 4 is 28.0 Å². The summed E-state index contributed by atoms with van der Waals surface area (Å²) in [7, 11) is 0. The minimum atomic E-state index is -0.635. The number of phenols is 1. The first kappa shape index (κ1) is 23.7. The number of phenolic OH excluding ortho intramolecular Hbond substituents is 1. The average Bonchev–Trinajstić information content (AvgIpc) is 3.76. The number of anilines is 2. The molecule has 0 amide bonds. The van der Waals surface area contributed by atoms with E-state index in [1.807, 2.05) is 13.8 Å². The van der Waals surface area contributed by atoms with E-state index in [1.54, 1.807) is 0 Å². The number of hydrogen-bond acceptors (Lipinski definition) is 6. The smallest absolute Gasteiger partial charge is 0.173 e. The van der Waals surface area contributed by atoms with Gasteiger partial charge in [-0.2, -0.15) is 0 Å². The molecule has 3 aliphatic rings. The number of nitrogens with zero attached hydrogens (tertiary/aromatic N) is 1. The normalized spacial score (nSPS) is 22.1. The first-order valence-electron chi connectivity index (χ1n) is 12.8. The fraction of sp³-hybridized carbons (Fsp3) is 0.379. The largest absolute Gasteiger partial charge is 0.508 e. The van der Waals surface area contributed by atoms with E-state index >= 15 is 4.39 Å². The number of aromatic hydroxyl groups is 1. The molecular weight excluding hydrogens is 472 g/mol. The van der Waals surface area contributed by atoms with Gasteiger partial charge in [0.2, 0.25) is 0 Å². The van der Waals surface area contributed by atoms with Crippen molar-refractivity contribution in [2.75, 3.05) is 23.7 Å². The van der Waals surface area contributed by atoms with Crippen molar-refractivity contribution in [2.45, 2.75) is 38.8 Å². The molecule has 2 heterocycles. The van der Waals surface area contributed by atoms with E-state index in [0.29, 0.717) is 39.7 Å². The van der Waals surface area contributed by atoms with Gasteiger partial charge < -0.3 is 26.5 Å². The van der Waals surface area contributed by atoms with Gasteiger partial charge in [-0.3, -0.25) is 0 Å². The zero-order chi connectivity index (χ0) is 26.0. The van der Waals surface area contributed by atoms with E-state index in [4.69, 9.17) is 16.8 Å². The van der Waals surface area contributed by atoms with Crippen LogP contribution in [-0.4, -0.2) is 41.0 Å². The third-order valence-corrected chi connectivity index (χ3v) is 7.63. The van der Waals surface area contributed by atoms with E-state index in [1.165, 1.54) is 24.3 Å². The molecule has 3 aromatic rings. The fourth-order valence-corrected chi connectivity index (χ4v) is 5.72. The molecule has 2 atom stereocenters. The molecule has 1 saturated heterocycles. The third-order valence-electron chi connectivity index (χ3n) is 7.63. The molecule has 2 saturated carbocycles. The molecule has 2 aliphatic carbocycles. The lowest BCUT2D eigenvalue weighted by molar-refractivity contribution is 0.476. The van der Waals surface area contributed by atoms with E-state index < -0.39 is 11.6 Å². The zero-order valence-electron chi connectivity index (χ0n) is 20.8. The Morgan fingerprint density at radius 1 is 1.22 bits per heavy atom. The Morgan fingerprint density at radius 3 is 2.59 bits per heavy atom. The topological polar surface area (TPSA) is 93.1 Å². The summed E-state index contributed by atoms with van der Waals surface area (Å²) in [5.74, 6) is 2.26. The maximum absolute atomic E-state index is 16.6. The van der Waals surface area contributed by atoms with Crippen molar-refractivity contribution in [1.82, 2.24) is 10.3 Å². The van der Waals surface area contributed by atoms with Crippen molar-refractivity contribution < 1.29 is 13.9 Å². The lowest BCUT2D eigenvalue weighted by Crippen LogP contribution is -2.24. The molecule has 8 heteroatoms. The van der Waals surface area contributed by atoms with Gasteiger partial charge in [0.05, 0.1) is 16.8 Å². The number of nitrogens with one attached hydrogen (secondary N) is 4. The molecule has 0 spiro atoms. The molecule has 1 aliphatic heterocycles. The van der Waals surface area contributed by atoms with Crippen molar-refractivity contribution in [3.8, 4) is 29.4 Å². The van der Waals surface area contributed by atoms with Crippen molar-refractivity contribution in [3.63, 3.8) is 0 Å². The molecule has 6 rings (SSSR count). The second kappa shape index (κ2) is 8.70. The van der Waals surface area contributed by atoms with Crippen LogP contribution in [0.4, 0.5) is 20.3 Å². The standard InChI is InChI=1S/C29H29F2N5O/c1-4-17-21(30)8-5-14-9-16(37)10-18(22(14)17)27-25(31)28(35-15-6-7-15)24(29(36-27)34-13(2)3)26(32)23-19-11-33-12-20(19)23/h1,5,8-10,13,15,19-20,23,32-33,37H,6-7,11-12H2,2-3H3,(H2,34,35,36). The SMILES string of the molecule is C#Cc1c(F)ccc2cc(O)cc(-c3nc(NC(C)C)c(C(=N)C4C5CNCC54)c(NC4CC4)c3F)c12. The number of terminal acetylenes is 1. The van der Waals surface area contributed by atoms with E-state index in [0.717, 1.165) is 25.9 Å². The predicted octanol–water partition coefficient (Wildman–Crippen LogP) is 5.09. The van der Waals surface area contributed by atoms with Gasteiger partial charge in [-0.05, 0) is 75.2 Å². The Kier molecular flexibility index (Phi) is 5.57. The summed E-state index contributed by atoms with van der Waals surface area (Å²) in [6, 6.07) is 5.66. The molecule has 3 fully saturated rings. The summed E-state index contributed by atoms with van der Waals surface area (Å²) in [4.78, 5) is 4.71. The second-order valence-electron chi connectivity index (χ2n) is 10.7. The van der Waals surface area contributed by atoms with Crippen molar-refractivity contribution in [3.05, 3.63) is 47.0 Å². The highest BCUT2D eigenvalue weighted by Gasteiger charge is 2.56. The highest BCUT2D eigenvalue weighted by atomic mass is 19.1. The van der Waals surface area contributed by atoms with Crippen LogP contribution in [0.2, 0.25) is 0 Å². The van der Waals surface area contributed by atoms with Crippen molar-refractivity contribution in [2.24, 2.45) is 17.8 Å². The van der Waals surface area contributed by atoms with Crippen LogP contribution in [0, 0.1) is 47.1 Å². The van der Waals surface area contributed by atoms with Crippen LogP contribution >= 0.6 is 0 Å². The Balaban J connectivity index is 1.61. The summed E-state index contributed by atoms with van der Waals surface area (Å²) in [5.41, 5.74) is 1.21.